The monoisotopic (exact) mass is 345 g/mol. The third-order valence-electron chi connectivity index (χ3n) is 4.51. The van der Waals surface area contributed by atoms with E-state index >= 15 is 0 Å². The SMILES string of the molecule is CN(CC(C)(CO)CO)C(=O)C1CC1c1cccc(C(F)(F)F)c1. The van der Waals surface area contributed by atoms with Crippen LogP contribution in [-0.4, -0.2) is 47.8 Å². The summed E-state index contributed by atoms with van der Waals surface area (Å²) >= 11 is 0. The van der Waals surface area contributed by atoms with Gasteiger partial charge >= 0.3 is 6.18 Å². The van der Waals surface area contributed by atoms with Crippen LogP contribution in [-0.2, 0) is 11.0 Å². The standard InChI is InChI=1S/C17H22F3NO3/c1-16(9-22,10-23)8-21(2)15(24)14-7-13(14)11-4-3-5-12(6-11)17(18,19)20/h3-6,13-14,22-23H,7-10H2,1-2H3. The van der Waals surface area contributed by atoms with Gasteiger partial charge in [-0.1, -0.05) is 25.1 Å². The minimum Gasteiger partial charge on any atom is -0.396 e. The highest BCUT2D eigenvalue weighted by Gasteiger charge is 2.46. The van der Waals surface area contributed by atoms with Gasteiger partial charge in [-0.2, -0.15) is 13.2 Å². The van der Waals surface area contributed by atoms with Crippen molar-refractivity contribution in [2.75, 3.05) is 26.8 Å². The van der Waals surface area contributed by atoms with Gasteiger partial charge in [-0.3, -0.25) is 4.79 Å². The van der Waals surface area contributed by atoms with Crippen molar-refractivity contribution in [3.05, 3.63) is 35.4 Å². The maximum atomic E-state index is 12.8. The second-order valence-electron chi connectivity index (χ2n) is 6.89. The summed E-state index contributed by atoms with van der Waals surface area (Å²) < 4.78 is 38.3. The number of carbonyl (C=O) groups is 1. The number of alkyl halides is 3. The van der Waals surface area contributed by atoms with E-state index in [9.17, 15) is 28.2 Å². The molecule has 0 radical (unpaired) electrons. The van der Waals surface area contributed by atoms with Crippen LogP contribution in [0.5, 0.6) is 0 Å². The number of benzene rings is 1. The first-order valence-electron chi connectivity index (χ1n) is 7.75. The Balaban J connectivity index is 2.03. The molecule has 7 heteroatoms. The quantitative estimate of drug-likeness (QED) is 0.831. The van der Waals surface area contributed by atoms with Crippen LogP contribution in [0.4, 0.5) is 13.2 Å². The number of aliphatic hydroxyl groups is 2. The van der Waals surface area contributed by atoms with Gasteiger partial charge in [0.25, 0.3) is 0 Å². The predicted molar refractivity (Wildman–Crippen MR) is 82.2 cm³/mol. The van der Waals surface area contributed by atoms with Crippen molar-refractivity contribution in [2.45, 2.75) is 25.4 Å². The molecule has 0 spiro atoms. The zero-order valence-electron chi connectivity index (χ0n) is 13.7. The van der Waals surface area contributed by atoms with E-state index in [4.69, 9.17) is 0 Å². The molecule has 1 aromatic rings. The number of nitrogens with zero attached hydrogens (tertiary/aromatic N) is 1. The molecule has 0 saturated heterocycles. The smallest absolute Gasteiger partial charge is 0.396 e. The van der Waals surface area contributed by atoms with Gasteiger partial charge in [0.1, 0.15) is 0 Å². The van der Waals surface area contributed by atoms with E-state index in [2.05, 4.69) is 0 Å². The Morgan fingerprint density at radius 1 is 1.29 bits per heavy atom. The molecule has 1 amide bonds. The number of carbonyl (C=O) groups excluding carboxylic acids is 1. The maximum Gasteiger partial charge on any atom is 0.416 e. The molecule has 2 unspecified atom stereocenters. The van der Waals surface area contributed by atoms with Gasteiger partial charge in [0.15, 0.2) is 0 Å². The highest BCUT2D eigenvalue weighted by molar-refractivity contribution is 5.82. The molecule has 1 fully saturated rings. The van der Waals surface area contributed by atoms with E-state index in [1.807, 2.05) is 0 Å². The zero-order valence-corrected chi connectivity index (χ0v) is 13.7. The van der Waals surface area contributed by atoms with E-state index in [1.165, 1.54) is 11.0 Å². The molecule has 2 rings (SSSR count). The molecule has 1 aliphatic carbocycles. The fourth-order valence-corrected chi connectivity index (χ4v) is 2.87. The summed E-state index contributed by atoms with van der Waals surface area (Å²) in [6.07, 6.45) is -3.88. The number of hydrogen-bond donors (Lipinski definition) is 2. The highest BCUT2D eigenvalue weighted by Crippen LogP contribution is 2.49. The Labute approximate surface area is 138 Å². The molecule has 4 nitrogen and oxygen atoms in total. The van der Waals surface area contributed by atoms with Crippen molar-refractivity contribution >= 4 is 5.91 Å². The third-order valence-corrected chi connectivity index (χ3v) is 4.51. The molecule has 1 aromatic carbocycles. The summed E-state index contributed by atoms with van der Waals surface area (Å²) in [6, 6.07) is 5.08. The molecular formula is C17H22F3NO3. The van der Waals surface area contributed by atoms with Crippen LogP contribution in [0.1, 0.15) is 30.4 Å². The number of halogens is 3. The summed E-state index contributed by atoms with van der Waals surface area (Å²) in [5.74, 6) is -0.734. The summed E-state index contributed by atoms with van der Waals surface area (Å²) in [5.41, 5.74) is -0.992. The van der Waals surface area contributed by atoms with Gasteiger partial charge in [-0.05, 0) is 24.0 Å². The van der Waals surface area contributed by atoms with Crippen molar-refractivity contribution in [2.24, 2.45) is 11.3 Å². The van der Waals surface area contributed by atoms with E-state index in [0.29, 0.717) is 12.0 Å². The van der Waals surface area contributed by atoms with Gasteiger partial charge in [0, 0.05) is 24.9 Å². The Morgan fingerprint density at radius 2 is 1.92 bits per heavy atom. The van der Waals surface area contributed by atoms with Crippen LogP contribution in [0.2, 0.25) is 0 Å². The molecule has 0 heterocycles. The van der Waals surface area contributed by atoms with E-state index in [-0.39, 0.29) is 37.5 Å². The van der Waals surface area contributed by atoms with Crippen LogP contribution in [0.25, 0.3) is 0 Å². The topological polar surface area (TPSA) is 60.8 Å². The average molecular weight is 345 g/mol. The van der Waals surface area contributed by atoms with Crippen LogP contribution in [0.3, 0.4) is 0 Å². The molecule has 134 valence electrons. The first-order chi connectivity index (χ1) is 11.1. The van der Waals surface area contributed by atoms with Crippen LogP contribution in [0, 0.1) is 11.3 Å². The number of aliphatic hydroxyl groups excluding tert-OH is 2. The predicted octanol–water partition coefficient (Wildman–Crippen LogP) is 2.26. The van der Waals surface area contributed by atoms with Gasteiger partial charge < -0.3 is 15.1 Å². The van der Waals surface area contributed by atoms with E-state index in [0.717, 1.165) is 12.1 Å². The minimum atomic E-state index is -4.40. The van der Waals surface area contributed by atoms with Gasteiger partial charge in [-0.15, -0.1) is 0 Å². The van der Waals surface area contributed by atoms with Crippen LogP contribution < -0.4 is 0 Å². The summed E-state index contributed by atoms with van der Waals surface area (Å²) in [5, 5.41) is 18.6. The average Bonchev–Trinajstić information content (AvgIpc) is 3.34. The van der Waals surface area contributed by atoms with Gasteiger partial charge in [0.2, 0.25) is 5.91 Å². The Bertz CT molecular complexity index is 599. The van der Waals surface area contributed by atoms with Crippen molar-refractivity contribution < 1.29 is 28.2 Å². The van der Waals surface area contributed by atoms with E-state index < -0.39 is 17.2 Å². The van der Waals surface area contributed by atoms with Crippen molar-refractivity contribution in [3.63, 3.8) is 0 Å². The summed E-state index contributed by atoms with van der Waals surface area (Å²) in [4.78, 5) is 13.9. The molecule has 0 bridgehead atoms. The normalized spacial score (nSPS) is 20.8. The van der Waals surface area contributed by atoms with Gasteiger partial charge in [-0.25, -0.2) is 0 Å². The Hall–Kier alpha value is -1.60. The molecular weight excluding hydrogens is 323 g/mol. The first kappa shape index (κ1) is 18.7. The fraction of sp³-hybridized carbons (Fsp3) is 0.588. The molecule has 0 aliphatic heterocycles. The number of rotatable bonds is 6. The zero-order chi connectivity index (χ0) is 18.1. The molecule has 2 atom stereocenters. The van der Waals surface area contributed by atoms with Crippen LogP contribution in [0.15, 0.2) is 24.3 Å². The molecule has 0 aromatic heterocycles. The van der Waals surface area contributed by atoms with Crippen molar-refractivity contribution in [1.82, 2.24) is 4.90 Å². The summed E-state index contributed by atoms with van der Waals surface area (Å²) in [7, 11) is 1.58. The second kappa shape index (κ2) is 6.72. The lowest BCUT2D eigenvalue weighted by molar-refractivity contribution is -0.137. The van der Waals surface area contributed by atoms with Crippen molar-refractivity contribution in [3.8, 4) is 0 Å². The van der Waals surface area contributed by atoms with Gasteiger partial charge in [0.05, 0.1) is 18.8 Å². The number of amides is 1. The third kappa shape index (κ3) is 4.08. The maximum absolute atomic E-state index is 12.8. The molecule has 1 aliphatic rings. The highest BCUT2D eigenvalue weighted by atomic mass is 19.4. The lowest BCUT2D eigenvalue weighted by Gasteiger charge is -2.30. The largest absolute Gasteiger partial charge is 0.416 e. The van der Waals surface area contributed by atoms with Crippen LogP contribution >= 0.6 is 0 Å². The molecule has 2 N–H and O–H groups in total. The molecule has 24 heavy (non-hydrogen) atoms. The second-order valence-corrected chi connectivity index (χ2v) is 6.89. The van der Waals surface area contributed by atoms with E-state index in [1.54, 1.807) is 20.0 Å². The minimum absolute atomic E-state index is 0.175. The first-order valence-corrected chi connectivity index (χ1v) is 7.75. The lowest BCUT2D eigenvalue weighted by atomic mass is 9.92. The summed E-state index contributed by atoms with van der Waals surface area (Å²) in [6.45, 7) is 1.32. The molecule has 1 saturated carbocycles. The number of hydrogen-bond acceptors (Lipinski definition) is 3. The Kier molecular flexibility index (Phi) is 5.25. The van der Waals surface area contributed by atoms with Crippen molar-refractivity contribution in [1.29, 1.82) is 0 Å². The fourth-order valence-electron chi connectivity index (χ4n) is 2.87. The lowest BCUT2D eigenvalue weighted by Crippen LogP contribution is -2.42. The Morgan fingerprint density at radius 3 is 2.46 bits per heavy atom.